The van der Waals surface area contributed by atoms with Crippen molar-refractivity contribution in [1.29, 1.82) is 0 Å². The molecule has 0 aromatic rings. The summed E-state index contributed by atoms with van der Waals surface area (Å²) in [7, 11) is 0. The van der Waals surface area contributed by atoms with E-state index in [4.69, 9.17) is 4.74 Å². The molecule has 14 heavy (non-hydrogen) atoms. The van der Waals surface area contributed by atoms with Crippen LogP contribution in [-0.2, 0) is 9.53 Å². The first-order chi connectivity index (χ1) is 6.65. The average Bonchev–Trinajstić information content (AvgIpc) is 2.45. The van der Waals surface area contributed by atoms with E-state index in [9.17, 15) is 4.79 Å². The van der Waals surface area contributed by atoms with E-state index >= 15 is 0 Å². The lowest BCUT2D eigenvalue weighted by Crippen LogP contribution is -2.43. The summed E-state index contributed by atoms with van der Waals surface area (Å²) < 4.78 is 5.02. The molecule has 1 saturated heterocycles. The third-order valence-electron chi connectivity index (χ3n) is 3.54. The Morgan fingerprint density at radius 1 is 1.50 bits per heavy atom. The van der Waals surface area contributed by atoms with Gasteiger partial charge in [-0.05, 0) is 38.5 Å². The van der Waals surface area contributed by atoms with E-state index in [-0.39, 0.29) is 11.9 Å². The number of hydrogen-bond donors (Lipinski definition) is 1. The zero-order chi connectivity index (χ0) is 10.2. The van der Waals surface area contributed by atoms with E-state index in [2.05, 4.69) is 12.2 Å². The van der Waals surface area contributed by atoms with Crippen molar-refractivity contribution < 1.29 is 9.53 Å². The van der Waals surface area contributed by atoms with E-state index in [0.29, 0.717) is 18.1 Å². The summed E-state index contributed by atoms with van der Waals surface area (Å²) in [6.45, 7) is 5.68. The molecule has 3 nitrogen and oxygen atoms in total. The van der Waals surface area contributed by atoms with Gasteiger partial charge in [-0.2, -0.15) is 0 Å². The van der Waals surface area contributed by atoms with Crippen LogP contribution in [0, 0.1) is 11.3 Å². The Hall–Kier alpha value is -0.570. The molecular weight excluding hydrogens is 178 g/mol. The Morgan fingerprint density at radius 3 is 2.71 bits per heavy atom. The van der Waals surface area contributed by atoms with Crippen molar-refractivity contribution in [3.8, 4) is 0 Å². The van der Waals surface area contributed by atoms with Crippen LogP contribution in [0.4, 0.5) is 0 Å². The standard InChI is InChI=1S/C11H19NO2/c1-3-14-10(13)9-5-11(6-9)4-8(2)12-7-11/h8-9,12H,3-7H2,1-2H3. The van der Waals surface area contributed by atoms with E-state index < -0.39 is 0 Å². The molecule has 0 radical (unpaired) electrons. The monoisotopic (exact) mass is 197 g/mol. The molecule has 0 amide bonds. The fraction of sp³-hybridized carbons (Fsp3) is 0.909. The van der Waals surface area contributed by atoms with E-state index in [0.717, 1.165) is 19.4 Å². The summed E-state index contributed by atoms with van der Waals surface area (Å²) in [5.74, 6) is 0.194. The van der Waals surface area contributed by atoms with Crippen molar-refractivity contribution in [2.45, 2.75) is 39.2 Å². The summed E-state index contributed by atoms with van der Waals surface area (Å²) in [5.41, 5.74) is 0.427. The molecule has 2 aliphatic rings. The average molecular weight is 197 g/mol. The van der Waals surface area contributed by atoms with Gasteiger partial charge in [-0.15, -0.1) is 0 Å². The summed E-state index contributed by atoms with van der Waals surface area (Å²) >= 11 is 0. The van der Waals surface area contributed by atoms with Gasteiger partial charge in [0.25, 0.3) is 0 Å². The van der Waals surface area contributed by atoms with Gasteiger partial charge in [0, 0.05) is 12.6 Å². The Kier molecular flexibility index (Phi) is 2.52. The van der Waals surface area contributed by atoms with E-state index in [1.165, 1.54) is 6.42 Å². The van der Waals surface area contributed by atoms with Gasteiger partial charge in [0.1, 0.15) is 0 Å². The van der Waals surface area contributed by atoms with Crippen LogP contribution in [-0.4, -0.2) is 25.2 Å². The Labute approximate surface area is 85.2 Å². The van der Waals surface area contributed by atoms with Crippen LogP contribution in [0.25, 0.3) is 0 Å². The summed E-state index contributed by atoms with van der Waals surface area (Å²) in [6, 6.07) is 0.623. The first-order valence-corrected chi connectivity index (χ1v) is 5.55. The van der Waals surface area contributed by atoms with Gasteiger partial charge in [0.05, 0.1) is 12.5 Å². The second kappa shape index (κ2) is 3.54. The highest BCUT2D eigenvalue weighted by Gasteiger charge is 2.50. The van der Waals surface area contributed by atoms with Crippen LogP contribution in [0.3, 0.4) is 0 Å². The number of ether oxygens (including phenoxy) is 1. The number of nitrogens with one attached hydrogen (secondary N) is 1. The molecule has 1 aliphatic carbocycles. The first-order valence-electron chi connectivity index (χ1n) is 5.55. The van der Waals surface area contributed by atoms with Crippen molar-refractivity contribution in [3.05, 3.63) is 0 Å². The maximum Gasteiger partial charge on any atom is 0.308 e. The number of rotatable bonds is 2. The SMILES string of the molecule is CCOC(=O)C1CC2(CNC(C)C2)C1. The first kappa shape index (κ1) is 9.97. The minimum absolute atomic E-state index is 0.0117. The molecule has 3 heteroatoms. The van der Waals surface area contributed by atoms with Gasteiger partial charge in [-0.3, -0.25) is 4.79 Å². The van der Waals surface area contributed by atoms with E-state index in [1.54, 1.807) is 0 Å². The fourth-order valence-corrected chi connectivity index (χ4v) is 2.91. The van der Waals surface area contributed by atoms with Gasteiger partial charge < -0.3 is 10.1 Å². The summed E-state index contributed by atoms with van der Waals surface area (Å²) in [4.78, 5) is 11.4. The second-order valence-corrected chi connectivity index (χ2v) is 4.84. The molecular formula is C11H19NO2. The van der Waals surface area contributed by atoms with Gasteiger partial charge in [0.15, 0.2) is 0 Å². The Morgan fingerprint density at radius 2 is 2.21 bits per heavy atom. The molecule has 2 fully saturated rings. The predicted molar refractivity (Wildman–Crippen MR) is 53.9 cm³/mol. The molecule has 1 aliphatic heterocycles. The van der Waals surface area contributed by atoms with Gasteiger partial charge >= 0.3 is 5.97 Å². The van der Waals surface area contributed by atoms with Crippen LogP contribution < -0.4 is 5.32 Å². The van der Waals surface area contributed by atoms with Crippen molar-refractivity contribution in [1.82, 2.24) is 5.32 Å². The lowest BCUT2D eigenvalue weighted by Gasteiger charge is -2.43. The Bertz CT molecular complexity index is 233. The molecule has 0 bridgehead atoms. The number of carbonyl (C=O) groups is 1. The van der Waals surface area contributed by atoms with Gasteiger partial charge in [0.2, 0.25) is 0 Å². The highest BCUT2D eigenvalue weighted by atomic mass is 16.5. The molecule has 1 unspecified atom stereocenters. The number of esters is 1. The second-order valence-electron chi connectivity index (χ2n) is 4.84. The zero-order valence-corrected chi connectivity index (χ0v) is 9.01. The highest BCUT2D eigenvalue weighted by Crippen LogP contribution is 2.51. The van der Waals surface area contributed by atoms with Gasteiger partial charge in [-0.25, -0.2) is 0 Å². The molecule has 0 aromatic heterocycles. The quantitative estimate of drug-likeness (QED) is 0.679. The van der Waals surface area contributed by atoms with Crippen LogP contribution in [0.15, 0.2) is 0 Å². The minimum atomic E-state index is 0.0117. The number of hydrogen-bond acceptors (Lipinski definition) is 3. The topological polar surface area (TPSA) is 38.3 Å². The van der Waals surface area contributed by atoms with Crippen LogP contribution in [0.2, 0.25) is 0 Å². The van der Waals surface area contributed by atoms with Crippen LogP contribution in [0.5, 0.6) is 0 Å². The normalized spacial score (nSPS) is 41.0. The molecule has 1 N–H and O–H groups in total. The molecule has 2 rings (SSSR count). The summed E-state index contributed by atoms with van der Waals surface area (Å²) in [6.07, 6.45) is 3.29. The van der Waals surface area contributed by atoms with Crippen LogP contribution in [0.1, 0.15) is 33.1 Å². The molecule has 80 valence electrons. The lowest BCUT2D eigenvalue weighted by molar-refractivity contribution is -0.156. The lowest BCUT2D eigenvalue weighted by atomic mass is 9.61. The molecule has 1 spiro atoms. The highest BCUT2D eigenvalue weighted by molar-refractivity contribution is 5.73. The van der Waals surface area contributed by atoms with Crippen molar-refractivity contribution in [3.63, 3.8) is 0 Å². The molecule has 1 saturated carbocycles. The fourth-order valence-electron chi connectivity index (χ4n) is 2.91. The van der Waals surface area contributed by atoms with E-state index in [1.807, 2.05) is 6.92 Å². The largest absolute Gasteiger partial charge is 0.466 e. The van der Waals surface area contributed by atoms with Crippen LogP contribution >= 0.6 is 0 Å². The van der Waals surface area contributed by atoms with Crippen molar-refractivity contribution >= 4 is 5.97 Å². The zero-order valence-electron chi connectivity index (χ0n) is 9.01. The number of carbonyl (C=O) groups excluding carboxylic acids is 1. The predicted octanol–water partition coefficient (Wildman–Crippen LogP) is 1.33. The molecule has 1 atom stereocenters. The maximum absolute atomic E-state index is 11.4. The Balaban J connectivity index is 1.81. The maximum atomic E-state index is 11.4. The van der Waals surface area contributed by atoms with Crippen molar-refractivity contribution in [2.24, 2.45) is 11.3 Å². The van der Waals surface area contributed by atoms with Crippen molar-refractivity contribution in [2.75, 3.05) is 13.2 Å². The summed E-state index contributed by atoms with van der Waals surface area (Å²) in [5, 5.41) is 3.45. The third-order valence-corrected chi connectivity index (χ3v) is 3.54. The molecule has 0 aromatic carbocycles. The smallest absolute Gasteiger partial charge is 0.308 e. The third kappa shape index (κ3) is 1.65. The minimum Gasteiger partial charge on any atom is -0.466 e. The van der Waals surface area contributed by atoms with Gasteiger partial charge in [-0.1, -0.05) is 0 Å². The molecule has 1 heterocycles.